The second-order valence-corrected chi connectivity index (χ2v) is 4.61. The maximum Gasteiger partial charge on any atom is 0.322 e. The molecule has 3 amide bonds. The monoisotopic (exact) mass is 210 g/mol. The van der Waals surface area contributed by atoms with Gasteiger partial charge in [-0.05, 0) is 12.3 Å². The Morgan fingerprint density at radius 3 is 2.27 bits per heavy atom. The average Bonchev–Trinajstić information content (AvgIpc) is 2.44. The molecule has 1 saturated carbocycles. The minimum Gasteiger partial charge on any atom is -0.326 e. The number of urea groups is 1. The number of hydrogen-bond acceptors (Lipinski definition) is 2. The van der Waals surface area contributed by atoms with Gasteiger partial charge < -0.3 is 5.32 Å². The fourth-order valence-corrected chi connectivity index (χ4v) is 2.56. The van der Waals surface area contributed by atoms with Gasteiger partial charge in [0.25, 0.3) is 5.91 Å². The molecule has 1 unspecified atom stereocenters. The third-order valence-electron chi connectivity index (χ3n) is 3.40. The first kappa shape index (κ1) is 10.5. The Balaban J connectivity index is 1.84. The van der Waals surface area contributed by atoms with E-state index in [1.165, 1.54) is 38.5 Å². The quantitative estimate of drug-likeness (QED) is 0.536. The molecule has 2 rings (SSSR count). The summed E-state index contributed by atoms with van der Waals surface area (Å²) < 4.78 is 0. The van der Waals surface area contributed by atoms with Crippen LogP contribution in [-0.2, 0) is 4.79 Å². The highest BCUT2D eigenvalue weighted by Crippen LogP contribution is 2.26. The number of amides is 3. The van der Waals surface area contributed by atoms with Crippen LogP contribution < -0.4 is 10.6 Å². The summed E-state index contributed by atoms with van der Waals surface area (Å²) in [7, 11) is 0. The van der Waals surface area contributed by atoms with Gasteiger partial charge in [-0.3, -0.25) is 10.1 Å². The van der Waals surface area contributed by atoms with Gasteiger partial charge in [0.15, 0.2) is 0 Å². The molecule has 84 valence electrons. The van der Waals surface area contributed by atoms with E-state index in [4.69, 9.17) is 0 Å². The van der Waals surface area contributed by atoms with Gasteiger partial charge >= 0.3 is 6.03 Å². The largest absolute Gasteiger partial charge is 0.326 e. The van der Waals surface area contributed by atoms with E-state index in [1.807, 2.05) is 0 Å². The Morgan fingerprint density at radius 1 is 1.07 bits per heavy atom. The van der Waals surface area contributed by atoms with Crippen LogP contribution in [0.15, 0.2) is 0 Å². The fourth-order valence-electron chi connectivity index (χ4n) is 2.56. The zero-order valence-corrected chi connectivity index (χ0v) is 8.92. The third kappa shape index (κ3) is 2.70. The van der Waals surface area contributed by atoms with E-state index in [0.717, 1.165) is 6.42 Å². The first-order valence-corrected chi connectivity index (χ1v) is 5.87. The predicted octanol–water partition coefficient (Wildman–Crippen LogP) is 1.55. The summed E-state index contributed by atoms with van der Waals surface area (Å²) in [4.78, 5) is 22.3. The van der Waals surface area contributed by atoms with E-state index in [2.05, 4.69) is 10.6 Å². The van der Waals surface area contributed by atoms with E-state index < -0.39 is 0 Å². The molecule has 0 aromatic heterocycles. The van der Waals surface area contributed by atoms with Crippen molar-refractivity contribution in [2.75, 3.05) is 0 Å². The minimum atomic E-state index is -0.335. The van der Waals surface area contributed by atoms with Crippen molar-refractivity contribution in [2.24, 2.45) is 5.92 Å². The van der Waals surface area contributed by atoms with Crippen molar-refractivity contribution in [3.63, 3.8) is 0 Å². The molecule has 0 radical (unpaired) electrons. The fraction of sp³-hybridized carbons (Fsp3) is 0.818. The van der Waals surface area contributed by atoms with Crippen LogP contribution in [0.3, 0.4) is 0 Å². The smallest absolute Gasteiger partial charge is 0.322 e. The molecule has 2 N–H and O–H groups in total. The molecule has 0 aromatic carbocycles. The topological polar surface area (TPSA) is 58.2 Å². The van der Waals surface area contributed by atoms with Crippen molar-refractivity contribution >= 4 is 11.9 Å². The van der Waals surface area contributed by atoms with Crippen molar-refractivity contribution in [2.45, 2.75) is 51.0 Å². The zero-order chi connectivity index (χ0) is 10.7. The SMILES string of the molecule is O=C1NC(=O)C(CC2CCCCCC2)N1. The maximum atomic E-state index is 11.3. The molecule has 4 heteroatoms. The van der Waals surface area contributed by atoms with Crippen LogP contribution in [0.4, 0.5) is 4.79 Å². The molecule has 1 atom stereocenters. The maximum absolute atomic E-state index is 11.3. The van der Waals surface area contributed by atoms with Gasteiger partial charge in [0.05, 0.1) is 0 Å². The van der Waals surface area contributed by atoms with Crippen LogP contribution in [-0.4, -0.2) is 18.0 Å². The van der Waals surface area contributed by atoms with Gasteiger partial charge in [0.2, 0.25) is 0 Å². The average molecular weight is 210 g/mol. The van der Waals surface area contributed by atoms with Crippen molar-refractivity contribution in [1.82, 2.24) is 10.6 Å². The summed E-state index contributed by atoms with van der Waals surface area (Å²) in [5.41, 5.74) is 0. The van der Waals surface area contributed by atoms with E-state index >= 15 is 0 Å². The molecular formula is C11H18N2O2. The summed E-state index contributed by atoms with van der Waals surface area (Å²) in [5, 5.41) is 4.95. The summed E-state index contributed by atoms with van der Waals surface area (Å²) in [6, 6.07) is -0.612. The lowest BCUT2D eigenvalue weighted by Gasteiger charge is -2.16. The first-order chi connectivity index (χ1) is 7.25. The van der Waals surface area contributed by atoms with E-state index in [1.54, 1.807) is 0 Å². The summed E-state index contributed by atoms with van der Waals surface area (Å²) in [6.45, 7) is 0. The molecule has 0 aromatic rings. The van der Waals surface area contributed by atoms with Crippen LogP contribution in [0.5, 0.6) is 0 Å². The Labute approximate surface area is 89.8 Å². The second kappa shape index (κ2) is 4.64. The highest BCUT2D eigenvalue weighted by molar-refractivity contribution is 6.04. The summed E-state index contributed by atoms with van der Waals surface area (Å²) >= 11 is 0. The van der Waals surface area contributed by atoms with Crippen LogP contribution in [0.25, 0.3) is 0 Å². The summed E-state index contributed by atoms with van der Waals surface area (Å²) in [5.74, 6) is 0.464. The molecule has 1 heterocycles. The van der Waals surface area contributed by atoms with Gasteiger partial charge in [-0.15, -0.1) is 0 Å². The van der Waals surface area contributed by atoms with Crippen molar-refractivity contribution < 1.29 is 9.59 Å². The Hall–Kier alpha value is -1.06. The van der Waals surface area contributed by atoms with E-state index in [0.29, 0.717) is 5.92 Å². The van der Waals surface area contributed by atoms with Crippen molar-refractivity contribution in [1.29, 1.82) is 0 Å². The van der Waals surface area contributed by atoms with Crippen LogP contribution >= 0.6 is 0 Å². The Bertz CT molecular complexity index is 257. The number of carbonyl (C=O) groups is 2. The standard InChI is InChI=1S/C11H18N2O2/c14-10-9(12-11(15)13-10)7-8-5-3-1-2-4-6-8/h8-9H,1-7H2,(H2,12,13,14,15). The molecule has 0 bridgehead atoms. The highest BCUT2D eigenvalue weighted by Gasteiger charge is 2.31. The van der Waals surface area contributed by atoms with Crippen molar-refractivity contribution in [3.8, 4) is 0 Å². The molecule has 1 aliphatic carbocycles. The highest BCUT2D eigenvalue weighted by atomic mass is 16.2. The van der Waals surface area contributed by atoms with E-state index in [-0.39, 0.29) is 18.0 Å². The molecule has 15 heavy (non-hydrogen) atoms. The summed E-state index contributed by atoms with van der Waals surface area (Å²) in [6.07, 6.45) is 8.41. The Kier molecular flexibility index (Phi) is 3.23. The predicted molar refractivity (Wildman–Crippen MR) is 56.3 cm³/mol. The lowest BCUT2D eigenvalue weighted by molar-refractivity contribution is -0.120. The molecule has 0 spiro atoms. The lowest BCUT2D eigenvalue weighted by Crippen LogP contribution is -2.31. The lowest BCUT2D eigenvalue weighted by atomic mass is 9.93. The van der Waals surface area contributed by atoms with Gasteiger partial charge in [-0.25, -0.2) is 4.79 Å². The van der Waals surface area contributed by atoms with Gasteiger partial charge in [-0.1, -0.05) is 38.5 Å². The Morgan fingerprint density at radius 2 is 1.73 bits per heavy atom. The molecule has 1 saturated heterocycles. The molecule has 1 aliphatic heterocycles. The van der Waals surface area contributed by atoms with Gasteiger partial charge in [-0.2, -0.15) is 0 Å². The number of carbonyl (C=O) groups excluding carboxylic acids is 2. The van der Waals surface area contributed by atoms with Crippen molar-refractivity contribution in [3.05, 3.63) is 0 Å². The molecule has 2 fully saturated rings. The zero-order valence-electron chi connectivity index (χ0n) is 8.92. The number of hydrogen-bond donors (Lipinski definition) is 2. The van der Waals surface area contributed by atoms with E-state index in [9.17, 15) is 9.59 Å². The number of rotatable bonds is 2. The second-order valence-electron chi connectivity index (χ2n) is 4.61. The van der Waals surface area contributed by atoms with Gasteiger partial charge in [0.1, 0.15) is 6.04 Å². The van der Waals surface area contributed by atoms with Crippen LogP contribution in [0.1, 0.15) is 44.9 Å². The third-order valence-corrected chi connectivity index (χ3v) is 3.40. The minimum absolute atomic E-state index is 0.149. The number of nitrogens with one attached hydrogen (secondary N) is 2. The molecule has 2 aliphatic rings. The number of imide groups is 1. The first-order valence-electron chi connectivity index (χ1n) is 5.87. The molecular weight excluding hydrogens is 192 g/mol. The normalized spacial score (nSPS) is 28.4. The molecule has 4 nitrogen and oxygen atoms in total. The van der Waals surface area contributed by atoms with Crippen LogP contribution in [0.2, 0.25) is 0 Å². The van der Waals surface area contributed by atoms with Gasteiger partial charge in [0, 0.05) is 0 Å². The van der Waals surface area contributed by atoms with Crippen LogP contribution in [0, 0.1) is 5.92 Å².